The van der Waals surface area contributed by atoms with Gasteiger partial charge < -0.3 is 4.81 Å². The zero-order valence-electron chi connectivity index (χ0n) is 10.7. The van der Waals surface area contributed by atoms with Crippen molar-refractivity contribution in [3.63, 3.8) is 0 Å². The van der Waals surface area contributed by atoms with Gasteiger partial charge in [0.05, 0.1) is 12.0 Å². The number of aliphatic imine (C=N–C) groups is 1. The number of benzene rings is 2. The lowest BCUT2D eigenvalue weighted by atomic mass is 10.2. The van der Waals surface area contributed by atoms with E-state index in [-0.39, 0.29) is 0 Å². The van der Waals surface area contributed by atoms with Gasteiger partial charge in [-0.25, -0.2) is 4.99 Å². The van der Waals surface area contributed by atoms with Crippen molar-refractivity contribution in [3.8, 4) is 0 Å². The Morgan fingerprint density at radius 3 is 1.94 bits per heavy atom. The molecule has 0 aliphatic heterocycles. The zero-order valence-corrected chi connectivity index (χ0v) is 10.7. The Hall–Kier alpha value is -2.03. The van der Waals surface area contributed by atoms with Gasteiger partial charge in [0, 0.05) is 5.69 Å². The van der Waals surface area contributed by atoms with E-state index in [1.807, 2.05) is 55.5 Å². The van der Waals surface area contributed by atoms with E-state index >= 15 is 0 Å². The van der Waals surface area contributed by atoms with Crippen molar-refractivity contribution in [2.45, 2.75) is 13.8 Å². The van der Waals surface area contributed by atoms with E-state index in [1.165, 1.54) is 15.9 Å². The molecular formula is C15H15BN2. The summed E-state index contributed by atoms with van der Waals surface area (Å²) in [7, 11) is 5.91. The fraction of sp³-hybridized carbons (Fsp3) is 0.133. The van der Waals surface area contributed by atoms with Gasteiger partial charge in [0.25, 0.3) is 0 Å². The molecule has 0 aliphatic carbocycles. The molecule has 2 aromatic carbocycles. The maximum Gasteiger partial charge on any atom is 0.236 e. The predicted molar refractivity (Wildman–Crippen MR) is 78.7 cm³/mol. The van der Waals surface area contributed by atoms with E-state index in [1.54, 1.807) is 6.34 Å². The second kappa shape index (κ2) is 5.54. The van der Waals surface area contributed by atoms with Crippen LogP contribution in [0.3, 0.4) is 0 Å². The van der Waals surface area contributed by atoms with Crippen LogP contribution in [0.2, 0.25) is 0 Å². The Morgan fingerprint density at radius 1 is 0.889 bits per heavy atom. The molecule has 0 saturated carbocycles. The molecule has 0 bridgehead atoms. The highest BCUT2D eigenvalue weighted by Crippen LogP contribution is 2.14. The van der Waals surface area contributed by atoms with Gasteiger partial charge >= 0.3 is 0 Å². The summed E-state index contributed by atoms with van der Waals surface area (Å²) >= 11 is 0. The van der Waals surface area contributed by atoms with Gasteiger partial charge in [-0.2, -0.15) is 0 Å². The van der Waals surface area contributed by atoms with Crippen molar-refractivity contribution in [2.75, 3.05) is 4.81 Å². The molecule has 0 aromatic heterocycles. The standard InChI is InChI=1S/C15H15BN2/c1-12-3-7-14(8-4-12)17-11-18(16)15-9-5-13(2)6-10-15/h3-11H,1-2H3. The molecule has 2 rings (SSSR count). The molecule has 2 aromatic rings. The van der Waals surface area contributed by atoms with Crippen molar-refractivity contribution in [2.24, 2.45) is 4.99 Å². The third-order valence-corrected chi connectivity index (χ3v) is 2.70. The van der Waals surface area contributed by atoms with E-state index < -0.39 is 0 Å². The van der Waals surface area contributed by atoms with Gasteiger partial charge in [0.1, 0.15) is 0 Å². The molecule has 18 heavy (non-hydrogen) atoms. The van der Waals surface area contributed by atoms with Crippen molar-refractivity contribution in [1.29, 1.82) is 0 Å². The van der Waals surface area contributed by atoms with Crippen LogP contribution in [-0.4, -0.2) is 14.3 Å². The quantitative estimate of drug-likeness (QED) is 0.450. The molecule has 2 radical (unpaired) electrons. The Bertz CT molecular complexity index is 529. The summed E-state index contributed by atoms with van der Waals surface area (Å²) in [4.78, 5) is 5.84. The van der Waals surface area contributed by atoms with Crippen molar-refractivity contribution >= 4 is 25.7 Å². The van der Waals surface area contributed by atoms with Gasteiger partial charge in [-0.3, -0.25) is 0 Å². The van der Waals surface area contributed by atoms with E-state index in [0.29, 0.717) is 0 Å². The predicted octanol–water partition coefficient (Wildman–Crippen LogP) is 3.55. The molecule has 0 saturated heterocycles. The summed E-state index contributed by atoms with van der Waals surface area (Å²) in [5.41, 5.74) is 4.24. The minimum atomic E-state index is 0.892. The molecule has 0 spiro atoms. The SMILES string of the molecule is [B]N(C=Nc1ccc(C)cc1)c1ccc(C)cc1. The molecule has 0 fully saturated rings. The molecule has 2 nitrogen and oxygen atoms in total. The second-order valence-corrected chi connectivity index (χ2v) is 4.32. The van der Waals surface area contributed by atoms with Crippen molar-refractivity contribution in [1.82, 2.24) is 0 Å². The minimum Gasteiger partial charge on any atom is -0.389 e. The van der Waals surface area contributed by atoms with Crippen LogP contribution >= 0.6 is 0 Å². The summed E-state index contributed by atoms with van der Waals surface area (Å²) in [5.74, 6) is 0. The van der Waals surface area contributed by atoms with Crippen LogP contribution in [0.5, 0.6) is 0 Å². The van der Waals surface area contributed by atoms with E-state index in [9.17, 15) is 0 Å². The van der Waals surface area contributed by atoms with Gasteiger partial charge in [0.15, 0.2) is 0 Å². The highest BCUT2D eigenvalue weighted by Gasteiger charge is 1.96. The number of hydrogen-bond acceptors (Lipinski definition) is 1. The average molecular weight is 234 g/mol. The number of rotatable bonds is 3. The smallest absolute Gasteiger partial charge is 0.236 e. The molecule has 0 atom stereocenters. The van der Waals surface area contributed by atoms with Crippen LogP contribution < -0.4 is 4.81 Å². The lowest BCUT2D eigenvalue weighted by Gasteiger charge is -2.13. The number of hydrogen-bond donors (Lipinski definition) is 0. The van der Waals surface area contributed by atoms with Crippen LogP contribution in [0.25, 0.3) is 0 Å². The molecule has 3 heteroatoms. The van der Waals surface area contributed by atoms with E-state index in [4.69, 9.17) is 7.98 Å². The maximum absolute atomic E-state index is 5.91. The summed E-state index contributed by atoms with van der Waals surface area (Å²) in [6, 6.07) is 16.0. The number of nitrogens with zero attached hydrogens (tertiary/aromatic N) is 2. The van der Waals surface area contributed by atoms with Crippen LogP contribution in [0.4, 0.5) is 11.4 Å². The first-order chi connectivity index (χ1) is 8.65. The van der Waals surface area contributed by atoms with Crippen molar-refractivity contribution in [3.05, 3.63) is 59.7 Å². The zero-order chi connectivity index (χ0) is 13.0. The van der Waals surface area contributed by atoms with Crippen molar-refractivity contribution < 1.29 is 0 Å². The third-order valence-electron chi connectivity index (χ3n) is 2.70. The Kier molecular flexibility index (Phi) is 3.83. The highest BCUT2D eigenvalue weighted by atomic mass is 15.1. The molecular weight excluding hydrogens is 219 g/mol. The Balaban J connectivity index is 2.08. The normalized spacial score (nSPS) is 10.8. The second-order valence-electron chi connectivity index (χ2n) is 4.32. The average Bonchev–Trinajstić information content (AvgIpc) is 2.38. The third kappa shape index (κ3) is 3.23. The molecule has 0 heterocycles. The molecule has 0 amide bonds. The molecule has 0 N–H and O–H groups in total. The van der Waals surface area contributed by atoms with Crippen LogP contribution in [0.15, 0.2) is 53.5 Å². The maximum atomic E-state index is 5.91. The van der Waals surface area contributed by atoms with Crippen LogP contribution in [-0.2, 0) is 0 Å². The first kappa shape index (κ1) is 12.4. The summed E-state index contributed by atoms with van der Waals surface area (Å²) in [6.07, 6.45) is 1.62. The lowest BCUT2D eigenvalue weighted by Crippen LogP contribution is -2.15. The van der Waals surface area contributed by atoms with Crippen LogP contribution in [0, 0.1) is 13.8 Å². The molecule has 0 aliphatic rings. The summed E-state index contributed by atoms with van der Waals surface area (Å²) in [6.45, 7) is 4.10. The fourth-order valence-corrected chi connectivity index (χ4v) is 1.54. The Labute approximate surface area is 109 Å². The monoisotopic (exact) mass is 234 g/mol. The van der Waals surface area contributed by atoms with Crippen LogP contribution in [0.1, 0.15) is 11.1 Å². The number of anilines is 1. The van der Waals surface area contributed by atoms with Gasteiger partial charge in [-0.1, -0.05) is 35.4 Å². The fourth-order valence-electron chi connectivity index (χ4n) is 1.54. The van der Waals surface area contributed by atoms with Gasteiger partial charge in [0.2, 0.25) is 7.98 Å². The summed E-state index contributed by atoms with van der Waals surface area (Å²) in [5, 5.41) is 0. The largest absolute Gasteiger partial charge is 0.389 e. The van der Waals surface area contributed by atoms with E-state index in [0.717, 1.165) is 11.4 Å². The molecule has 0 unspecified atom stereocenters. The minimum absolute atomic E-state index is 0.892. The molecule has 88 valence electrons. The number of aryl methyl sites for hydroxylation is 2. The first-order valence-corrected chi connectivity index (χ1v) is 5.86. The van der Waals surface area contributed by atoms with Gasteiger partial charge in [-0.15, -0.1) is 0 Å². The first-order valence-electron chi connectivity index (χ1n) is 5.86. The highest BCUT2D eigenvalue weighted by molar-refractivity contribution is 6.27. The van der Waals surface area contributed by atoms with Gasteiger partial charge in [-0.05, 0) is 38.1 Å². The lowest BCUT2D eigenvalue weighted by molar-refractivity contribution is 1.41. The Morgan fingerprint density at radius 2 is 1.39 bits per heavy atom. The summed E-state index contributed by atoms with van der Waals surface area (Å²) < 4.78 is 0. The van der Waals surface area contributed by atoms with E-state index in [2.05, 4.69) is 11.9 Å². The topological polar surface area (TPSA) is 15.6 Å².